The molecular formula is C21H16N4O3S. The summed E-state index contributed by atoms with van der Waals surface area (Å²) in [5, 5.41) is 3.53. The van der Waals surface area contributed by atoms with Crippen LogP contribution < -0.4 is 10.5 Å². The van der Waals surface area contributed by atoms with Crippen molar-refractivity contribution in [2.75, 3.05) is 4.90 Å². The number of nitrogens with zero attached hydrogens (tertiary/aromatic N) is 3. The van der Waals surface area contributed by atoms with E-state index in [2.05, 4.69) is 10.1 Å². The van der Waals surface area contributed by atoms with Crippen LogP contribution >= 0.6 is 11.3 Å². The van der Waals surface area contributed by atoms with Crippen LogP contribution in [-0.2, 0) is 9.59 Å². The van der Waals surface area contributed by atoms with E-state index in [9.17, 15) is 14.4 Å². The molecule has 0 aliphatic carbocycles. The van der Waals surface area contributed by atoms with Crippen molar-refractivity contribution < 1.29 is 9.59 Å². The second-order valence-corrected chi connectivity index (χ2v) is 7.92. The van der Waals surface area contributed by atoms with Crippen molar-refractivity contribution in [2.24, 2.45) is 0 Å². The number of fused-ring (bicyclic) bond motifs is 1. The molecule has 7 nitrogen and oxygen atoms in total. The summed E-state index contributed by atoms with van der Waals surface area (Å²) >= 11 is 1.39. The molecule has 1 aliphatic heterocycles. The highest BCUT2D eigenvalue weighted by atomic mass is 32.1. The Balaban J connectivity index is 1.57. The lowest BCUT2D eigenvalue weighted by Gasteiger charge is -2.14. The highest BCUT2D eigenvalue weighted by molar-refractivity contribution is 7.20. The molecule has 0 bridgehead atoms. The van der Waals surface area contributed by atoms with E-state index in [1.54, 1.807) is 31.2 Å². The molecule has 1 aliphatic rings. The molecule has 29 heavy (non-hydrogen) atoms. The second kappa shape index (κ2) is 6.52. The minimum atomic E-state index is -0.804. The monoisotopic (exact) mass is 404 g/mol. The van der Waals surface area contributed by atoms with Gasteiger partial charge in [0.25, 0.3) is 5.56 Å². The maximum absolute atomic E-state index is 13.2. The van der Waals surface area contributed by atoms with Gasteiger partial charge in [-0.2, -0.15) is 4.68 Å². The average Bonchev–Trinajstić information content (AvgIpc) is 3.36. The number of H-pyrrole nitrogens is 1. The minimum Gasteiger partial charge on any atom is -0.293 e. The largest absolute Gasteiger partial charge is 0.293 e. The Morgan fingerprint density at radius 1 is 1.03 bits per heavy atom. The predicted molar refractivity (Wildman–Crippen MR) is 111 cm³/mol. The molecule has 1 atom stereocenters. The molecule has 8 heteroatoms. The van der Waals surface area contributed by atoms with E-state index in [0.717, 1.165) is 10.2 Å². The van der Waals surface area contributed by atoms with Crippen LogP contribution in [0.4, 0.5) is 5.69 Å². The molecule has 2 aromatic carbocycles. The number of anilines is 1. The summed E-state index contributed by atoms with van der Waals surface area (Å²) in [6.07, 6.45) is -0.0263. The van der Waals surface area contributed by atoms with Gasteiger partial charge < -0.3 is 0 Å². The lowest BCUT2D eigenvalue weighted by atomic mass is 9.98. The van der Waals surface area contributed by atoms with Crippen LogP contribution in [0.2, 0.25) is 0 Å². The molecule has 1 fully saturated rings. The number of benzene rings is 2. The summed E-state index contributed by atoms with van der Waals surface area (Å²) in [6.45, 7) is 1.74. The lowest BCUT2D eigenvalue weighted by molar-refractivity contribution is -0.121. The van der Waals surface area contributed by atoms with Gasteiger partial charge in [0, 0.05) is 12.1 Å². The first-order valence-electron chi connectivity index (χ1n) is 9.14. The van der Waals surface area contributed by atoms with Crippen LogP contribution in [0.1, 0.15) is 23.6 Å². The number of imide groups is 1. The Labute approximate surface area is 169 Å². The van der Waals surface area contributed by atoms with Crippen molar-refractivity contribution in [1.29, 1.82) is 0 Å². The topological polar surface area (TPSA) is 88.1 Å². The standard InChI is InChI=1S/C21H16N4O3S/c1-12-18(14-11-17(26)24(19(14)27)13-7-3-2-4-8-13)20(28)25(23-12)21-22-15-9-5-6-10-16(15)29-21/h2-10,14,23H,11H2,1H3. The molecule has 2 amide bonds. The SMILES string of the molecule is Cc1[nH]n(-c2nc3ccccc3s2)c(=O)c1C1CC(=O)N(c2ccccc2)C1=O. The van der Waals surface area contributed by atoms with Crippen LogP contribution in [-0.4, -0.2) is 26.6 Å². The lowest BCUT2D eigenvalue weighted by Crippen LogP contribution is -2.31. The first-order chi connectivity index (χ1) is 14.0. The highest BCUT2D eigenvalue weighted by Gasteiger charge is 2.43. The number of thiazole rings is 1. The third kappa shape index (κ3) is 2.72. The summed E-state index contributed by atoms with van der Waals surface area (Å²) in [7, 11) is 0. The van der Waals surface area contributed by atoms with Crippen LogP contribution in [0.25, 0.3) is 15.3 Å². The van der Waals surface area contributed by atoms with Crippen LogP contribution in [0.15, 0.2) is 59.4 Å². The van der Waals surface area contributed by atoms with Gasteiger partial charge in [0.1, 0.15) is 0 Å². The highest BCUT2D eigenvalue weighted by Crippen LogP contribution is 2.33. The molecule has 3 heterocycles. The molecule has 1 saturated heterocycles. The molecule has 5 rings (SSSR count). The number of amides is 2. The number of para-hydroxylation sites is 2. The van der Waals surface area contributed by atoms with Crippen molar-refractivity contribution in [1.82, 2.24) is 14.8 Å². The van der Waals surface area contributed by atoms with Gasteiger partial charge >= 0.3 is 0 Å². The number of aryl methyl sites for hydroxylation is 1. The summed E-state index contributed by atoms with van der Waals surface area (Å²) in [5.74, 6) is -1.49. The zero-order chi connectivity index (χ0) is 20.1. The van der Waals surface area contributed by atoms with Crippen molar-refractivity contribution >= 4 is 39.1 Å². The van der Waals surface area contributed by atoms with Crippen LogP contribution in [0.5, 0.6) is 0 Å². The van der Waals surface area contributed by atoms with E-state index in [0.29, 0.717) is 22.1 Å². The molecule has 0 spiro atoms. The van der Waals surface area contributed by atoms with E-state index in [-0.39, 0.29) is 23.8 Å². The molecule has 144 valence electrons. The predicted octanol–water partition coefficient (Wildman–Crippen LogP) is 3.13. The van der Waals surface area contributed by atoms with Crippen molar-refractivity contribution in [2.45, 2.75) is 19.3 Å². The fraction of sp³-hybridized carbons (Fsp3) is 0.143. The van der Waals surface area contributed by atoms with Crippen molar-refractivity contribution in [3.05, 3.63) is 76.2 Å². The Kier molecular flexibility index (Phi) is 3.95. The Morgan fingerprint density at radius 2 is 1.76 bits per heavy atom. The van der Waals surface area contributed by atoms with E-state index in [1.807, 2.05) is 30.3 Å². The Bertz CT molecular complexity index is 1290. The molecule has 4 aromatic rings. The molecule has 0 saturated carbocycles. The quantitative estimate of drug-likeness (QED) is 0.532. The van der Waals surface area contributed by atoms with Crippen LogP contribution in [0, 0.1) is 6.92 Å². The number of aromatic nitrogens is 3. The average molecular weight is 404 g/mol. The maximum Gasteiger partial charge on any atom is 0.277 e. The van der Waals surface area contributed by atoms with Crippen molar-refractivity contribution in [3.8, 4) is 5.13 Å². The number of hydrogen-bond donors (Lipinski definition) is 1. The first kappa shape index (κ1) is 17.6. The van der Waals surface area contributed by atoms with Gasteiger partial charge in [-0.25, -0.2) is 4.98 Å². The van der Waals surface area contributed by atoms with Gasteiger partial charge in [-0.3, -0.25) is 24.4 Å². The summed E-state index contributed by atoms with van der Waals surface area (Å²) in [5.41, 5.74) is 1.86. The number of carbonyl (C=O) groups is 2. The third-order valence-electron chi connectivity index (χ3n) is 5.10. The second-order valence-electron chi connectivity index (χ2n) is 6.91. The summed E-state index contributed by atoms with van der Waals surface area (Å²) in [4.78, 5) is 44.4. The van der Waals surface area contributed by atoms with Gasteiger partial charge in [0.2, 0.25) is 16.9 Å². The third-order valence-corrected chi connectivity index (χ3v) is 6.12. The number of carbonyl (C=O) groups excluding carboxylic acids is 2. The van der Waals surface area contributed by atoms with Gasteiger partial charge in [-0.1, -0.05) is 41.7 Å². The molecule has 1 unspecified atom stereocenters. The summed E-state index contributed by atoms with van der Waals surface area (Å²) < 4.78 is 2.32. The molecule has 1 N–H and O–H groups in total. The van der Waals surface area contributed by atoms with E-state index >= 15 is 0 Å². The van der Waals surface area contributed by atoms with Gasteiger partial charge in [0.05, 0.1) is 27.4 Å². The van der Waals surface area contributed by atoms with Crippen molar-refractivity contribution in [3.63, 3.8) is 0 Å². The minimum absolute atomic E-state index is 0.0263. The molecule has 0 radical (unpaired) electrons. The maximum atomic E-state index is 13.2. The van der Waals surface area contributed by atoms with Gasteiger partial charge in [-0.05, 0) is 31.2 Å². The fourth-order valence-corrected chi connectivity index (χ4v) is 4.69. The zero-order valence-electron chi connectivity index (χ0n) is 15.5. The number of rotatable bonds is 3. The Morgan fingerprint density at radius 3 is 2.52 bits per heavy atom. The first-order valence-corrected chi connectivity index (χ1v) is 9.95. The Hall–Kier alpha value is -3.52. The van der Waals surface area contributed by atoms with Gasteiger partial charge in [-0.15, -0.1) is 0 Å². The zero-order valence-corrected chi connectivity index (χ0v) is 16.3. The van der Waals surface area contributed by atoms with E-state index < -0.39 is 5.92 Å². The van der Waals surface area contributed by atoms with E-state index in [4.69, 9.17) is 0 Å². The molecular weight excluding hydrogens is 388 g/mol. The smallest absolute Gasteiger partial charge is 0.277 e. The fourth-order valence-electron chi connectivity index (χ4n) is 3.77. The normalized spacial score (nSPS) is 16.9. The number of hydrogen-bond acceptors (Lipinski definition) is 5. The molecule has 2 aromatic heterocycles. The number of aromatic amines is 1. The van der Waals surface area contributed by atoms with Crippen LogP contribution in [0.3, 0.4) is 0 Å². The summed E-state index contributed by atoms with van der Waals surface area (Å²) in [6, 6.07) is 16.4. The van der Waals surface area contributed by atoms with Gasteiger partial charge in [0.15, 0.2) is 0 Å². The number of nitrogens with one attached hydrogen (secondary N) is 1. The van der Waals surface area contributed by atoms with E-state index in [1.165, 1.54) is 20.9 Å².